The average Bonchev–Trinajstić information content (AvgIpc) is 2.83. The lowest BCUT2D eigenvalue weighted by Crippen LogP contribution is -2.34. The molecule has 2 rings (SSSR count). The number of pyridine rings is 1. The molecule has 1 saturated heterocycles. The van der Waals surface area contributed by atoms with E-state index >= 15 is 0 Å². The van der Waals surface area contributed by atoms with Gasteiger partial charge in [0.15, 0.2) is 0 Å². The Morgan fingerprint density at radius 3 is 2.67 bits per heavy atom. The van der Waals surface area contributed by atoms with Gasteiger partial charge in [0.2, 0.25) is 0 Å². The van der Waals surface area contributed by atoms with Gasteiger partial charge in [-0.25, -0.2) is 4.98 Å². The molecule has 1 fully saturated rings. The lowest BCUT2D eigenvalue weighted by atomic mass is 10.1. The van der Waals surface area contributed by atoms with Crippen LogP contribution >= 0.6 is 0 Å². The fraction of sp³-hybridized carbons (Fsp3) is 0.706. The van der Waals surface area contributed by atoms with Crippen LogP contribution in [0.4, 0.5) is 5.82 Å². The van der Waals surface area contributed by atoms with Gasteiger partial charge in [-0.15, -0.1) is 0 Å². The molecule has 0 spiro atoms. The van der Waals surface area contributed by atoms with Crippen molar-refractivity contribution in [1.29, 1.82) is 0 Å². The van der Waals surface area contributed by atoms with Gasteiger partial charge in [-0.1, -0.05) is 19.9 Å². The number of nitrogens with zero attached hydrogens (tertiary/aromatic N) is 3. The first-order valence-corrected chi connectivity index (χ1v) is 8.11. The Kier molecular flexibility index (Phi) is 5.59. The average molecular weight is 290 g/mol. The van der Waals surface area contributed by atoms with Crippen molar-refractivity contribution in [3.05, 3.63) is 23.4 Å². The van der Waals surface area contributed by atoms with Crippen LogP contribution in [0, 0.1) is 12.8 Å². The van der Waals surface area contributed by atoms with Gasteiger partial charge in [-0.05, 0) is 51.5 Å². The molecule has 0 amide bonds. The van der Waals surface area contributed by atoms with Gasteiger partial charge in [0, 0.05) is 31.4 Å². The van der Waals surface area contributed by atoms with Gasteiger partial charge < -0.3 is 15.1 Å². The predicted molar refractivity (Wildman–Crippen MR) is 89.8 cm³/mol. The Bertz CT molecular complexity index is 458. The molecule has 4 nitrogen and oxygen atoms in total. The lowest BCUT2D eigenvalue weighted by Gasteiger charge is -2.23. The molecule has 0 aliphatic carbocycles. The van der Waals surface area contributed by atoms with Crippen molar-refractivity contribution in [2.24, 2.45) is 5.92 Å². The van der Waals surface area contributed by atoms with Crippen LogP contribution in [0.2, 0.25) is 0 Å². The molecule has 1 aliphatic heterocycles. The van der Waals surface area contributed by atoms with Crippen molar-refractivity contribution < 1.29 is 0 Å². The predicted octanol–water partition coefficient (Wildman–Crippen LogP) is 2.28. The van der Waals surface area contributed by atoms with E-state index in [1.165, 1.54) is 12.0 Å². The molecule has 4 heteroatoms. The minimum atomic E-state index is 0.623. The SMILES string of the molecule is CCCNCc1ccc(N2CC(C)C(N(C)C)C2)nc1C. The Hall–Kier alpha value is -1.13. The Labute approximate surface area is 129 Å². The fourth-order valence-electron chi connectivity index (χ4n) is 3.15. The zero-order valence-electron chi connectivity index (χ0n) is 14.2. The van der Waals surface area contributed by atoms with Gasteiger partial charge in [-0.3, -0.25) is 0 Å². The van der Waals surface area contributed by atoms with Crippen LogP contribution in [-0.4, -0.2) is 49.7 Å². The molecule has 1 aromatic heterocycles. The van der Waals surface area contributed by atoms with E-state index in [0.717, 1.165) is 37.7 Å². The normalized spacial score (nSPS) is 22.3. The summed E-state index contributed by atoms with van der Waals surface area (Å²) in [5.41, 5.74) is 2.46. The quantitative estimate of drug-likeness (QED) is 0.815. The highest BCUT2D eigenvalue weighted by molar-refractivity contribution is 5.43. The van der Waals surface area contributed by atoms with Crippen molar-refractivity contribution in [3.63, 3.8) is 0 Å². The maximum Gasteiger partial charge on any atom is 0.128 e. The highest BCUT2D eigenvalue weighted by Crippen LogP contribution is 2.25. The van der Waals surface area contributed by atoms with Gasteiger partial charge in [-0.2, -0.15) is 0 Å². The smallest absolute Gasteiger partial charge is 0.128 e. The standard InChI is InChI=1S/C17H30N4/c1-6-9-18-10-15-7-8-17(19-14(15)3)21-11-13(2)16(12-21)20(4)5/h7-8,13,16,18H,6,9-12H2,1-5H3. The molecule has 0 radical (unpaired) electrons. The summed E-state index contributed by atoms with van der Waals surface area (Å²) in [6.07, 6.45) is 1.17. The number of nitrogens with one attached hydrogen (secondary N) is 1. The van der Waals surface area contributed by atoms with E-state index in [4.69, 9.17) is 4.98 Å². The topological polar surface area (TPSA) is 31.4 Å². The van der Waals surface area contributed by atoms with E-state index in [1.807, 2.05) is 0 Å². The van der Waals surface area contributed by atoms with Crippen LogP contribution in [0.15, 0.2) is 12.1 Å². The van der Waals surface area contributed by atoms with Gasteiger partial charge in [0.25, 0.3) is 0 Å². The van der Waals surface area contributed by atoms with E-state index in [0.29, 0.717) is 12.0 Å². The summed E-state index contributed by atoms with van der Waals surface area (Å²) in [7, 11) is 4.34. The molecule has 21 heavy (non-hydrogen) atoms. The van der Waals surface area contributed by atoms with Crippen LogP contribution < -0.4 is 10.2 Å². The largest absolute Gasteiger partial charge is 0.355 e. The van der Waals surface area contributed by atoms with Gasteiger partial charge in [0.05, 0.1) is 0 Å². The highest BCUT2D eigenvalue weighted by atomic mass is 15.3. The van der Waals surface area contributed by atoms with E-state index in [9.17, 15) is 0 Å². The number of aromatic nitrogens is 1. The Morgan fingerprint density at radius 2 is 2.10 bits per heavy atom. The summed E-state index contributed by atoms with van der Waals surface area (Å²) < 4.78 is 0. The number of hydrogen-bond acceptors (Lipinski definition) is 4. The fourth-order valence-corrected chi connectivity index (χ4v) is 3.15. The zero-order valence-corrected chi connectivity index (χ0v) is 14.2. The first-order valence-electron chi connectivity index (χ1n) is 8.11. The van der Waals surface area contributed by atoms with Crippen molar-refractivity contribution in [1.82, 2.24) is 15.2 Å². The summed E-state index contributed by atoms with van der Waals surface area (Å²) in [6.45, 7) is 10.8. The van der Waals surface area contributed by atoms with Crippen molar-refractivity contribution in [3.8, 4) is 0 Å². The second-order valence-corrected chi connectivity index (χ2v) is 6.50. The molecule has 118 valence electrons. The van der Waals surface area contributed by atoms with E-state index in [-0.39, 0.29) is 0 Å². The van der Waals surface area contributed by atoms with Gasteiger partial charge in [0.1, 0.15) is 5.82 Å². The Morgan fingerprint density at radius 1 is 1.33 bits per heavy atom. The monoisotopic (exact) mass is 290 g/mol. The summed E-state index contributed by atoms with van der Waals surface area (Å²) in [4.78, 5) is 9.59. The molecule has 1 aliphatic rings. The first-order chi connectivity index (χ1) is 10.0. The number of aryl methyl sites for hydroxylation is 1. The molecule has 2 heterocycles. The van der Waals surface area contributed by atoms with Crippen molar-refractivity contribution in [2.75, 3.05) is 38.6 Å². The number of likely N-dealkylation sites (N-methyl/N-ethyl adjacent to an activating group) is 1. The minimum Gasteiger partial charge on any atom is -0.355 e. The second-order valence-electron chi connectivity index (χ2n) is 6.50. The molecule has 2 atom stereocenters. The number of hydrogen-bond donors (Lipinski definition) is 1. The summed E-state index contributed by atoms with van der Waals surface area (Å²) in [6, 6.07) is 5.03. The van der Waals surface area contributed by atoms with Crippen molar-refractivity contribution in [2.45, 2.75) is 39.8 Å². The number of anilines is 1. The third-order valence-corrected chi connectivity index (χ3v) is 4.48. The molecule has 1 N–H and O–H groups in total. The maximum atomic E-state index is 4.83. The van der Waals surface area contributed by atoms with Crippen LogP contribution in [-0.2, 0) is 6.54 Å². The van der Waals surface area contributed by atoms with Crippen LogP contribution in [0.5, 0.6) is 0 Å². The summed E-state index contributed by atoms with van der Waals surface area (Å²) in [5, 5.41) is 3.45. The molecule has 0 aromatic carbocycles. The van der Waals surface area contributed by atoms with Gasteiger partial charge >= 0.3 is 0 Å². The number of rotatable bonds is 6. The molecular formula is C17H30N4. The van der Waals surface area contributed by atoms with E-state index in [1.54, 1.807) is 0 Å². The first kappa shape index (κ1) is 16.2. The lowest BCUT2D eigenvalue weighted by molar-refractivity contribution is 0.266. The molecule has 0 saturated carbocycles. The second kappa shape index (κ2) is 7.23. The minimum absolute atomic E-state index is 0.623. The van der Waals surface area contributed by atoms with E-state index in [2.05, 4.69) is 62.1 Å². The van der Waals surface area contributed by atoms with Crippen molar-refractivity contribution >= 4 is 5.82 Å². The third-order valence-electron chi connectivity index (χ3n) is 4.48. The van der Waals surface area contributed by atoms with Crippen LogP contribution in [0.1, 0.15) is 31.5 Å². The zero-order chi connectivity index (χ0) is 15.4. The third kappa shape index (κ3) is 3.95. The van der Waals surface area contributed by atoms with Crippen LogP contribution in [0.25, 0.3) is 0 Å². The Balaban J connectivity index is 2.03. The molecular weight excluding hydrogens is 260 g/mol. The molecule has 2 unspecified atom stereocenters. The molecule has 1 aromatic rings. The highest BCUT2D eigenvalue weighted by Gasteiger charge is 2.31. The van der Waals surface area contributed by atoms with Crippen LogP contribution in [0.3, 0.4) is 0 Å². The summed E-state index contributed by atoms with van der Waals surface area (Å²) in [5.74, 6) is 1.82. The maximum absolute atomic E-state index is 4.83. The van der Waals surface area contributed by atoms with E-state index < -0.39 is 0 Å². The molecule has 0 bridgehead atoms. The summed E-state index contributed by atoms with van der Waals surface area (Å²) >= 11 is 0.